The van der Waals surface area contributed by atoms with Gasteiger partial charge in [0.05, 0.1) is 17.9 Å². The lowest BCUT2D eigenvalue weighted by Gasteiger charge is -1.98. The number of hydrogen-bond donors (Lipinski definition) is 3. The van der Waals surface area contributed by atoms with E-state index in [1.54, 1.807) is 0 Å². The lowest BCUT2D eigenvalue weighted by Crippen LogP contribution is -2.22. The molecule has 0 aromatic rings. The standard InChI is InChI=1S/C2H7NO6S2/c4-8-9-10-1-3-2-11(5,6)7/h3-4H,1-2H2,(H,5,6,7). The zero-order chi connectivity index (χ0) is 8.74. The van der Waals surface area contributed by atoms with E-state index in [1.807, 2.05) is 0 Å². The van der Waals surface area contributed by atoms with Crippen molar-refractivity contribution >= 4 is 22.2 Å². The summed E-state index contributed by atoms with van der Waals surface area (Å²) in [6.45, 7) is 0. The van der Waals surface area contributed by atoms with Gasteiger partial charge in [0.25, 0.3) is 10.1 Å². The lowest BCUT2D eigenvalue weighted by molar-refractivity contribution is -0.432. The van der Waals surface area contributed by atoms with E-state index in [1.165, 1.54) is 0 Å². The third-order valence-corrected chi connectivity index (χ3v) is 1.57. The molecule has 0 aromatic carbocycles. The molecule has 0 bridgehead atoms. The van der Waals surface area contributed by atoms with Crippen LogP contribution in [0.5, 0.6) is 0 Å². The van der Waals surface area contributed by atoms with Gasteiger partial charge in [0.15, 0.2) is 0 Å². The van der Waals surface area contributed by atoms with Gasteiger partial charge in [-0.2, -0.15) is 8.42 Å². The molecule has 0 aliphatic carbocycles. The summed E-state index contributed by atoms with van der Waals surface area (Å²) in [4.78, 5) is 0. The van der Waals surface area contributed by atoms with Crippen molar-refractivity contribution in [2.24, 2.45) is 0 Å². The highest BCUT2D eigenvalue weighted by Crippen LogP contribution is 1.97. The molecule has 0 heterocycles. The minimum Gasteiger partial charge on any atom is -0.290 e. The van der Waals surface area contributed by atoms with Crippen LogP contribution in [0.15, 0.2) is 0 Å². The molecule has 68 valence electrons. The lowest BCUT2D eigenvalue weighted by atomic mass is 11.2. The first-order chi connectivity index (χ1) is 5.06. The van der Waals surface area contributed by atoms with Gasteiger partial charge in [0.1, 0.15) is 5.88 Å². The van der Waals surface area contributed by atoms with E-state index in [0.717, 1.165) is 0 Å². The van der Waals surface area contributed by atoms with E-state index < -0.39 is 16.0 Å². The number of nitrogens with one attached hydrogen (secondary N) is 1. The average Bonchev–Trinajstić information content (AvgIpc) is 1.85. The maximum Gasteiger partial charge on any atom is 0.278 e. The molecule has 0 spiro atoms. The predicted molar refractivity (Wildman–Crippen MR) is 36.8 cm³/mol. The Balaban J connectivity index is 3.16. The number of rotatable bonds is 6. The molecule has 0 unspecified atom stereocenters. The number of hydrogen-bond acceptors (Lipinski definition) is 7. The predicted octanol–water partition coefficient (Wildman–Crippen LogP) is -0.552. The van der Waals surface area contributed by atoms with E-state index in [2.05, 4.69) is 14.7 Å². The van der Waals surface area contributed by atoms with Crippen LogP contribution in [0.4, 0.5) is 0 Å². The third-order valence-electron chi connectivity index (χ3n) is 0.524. The van der Waals surface area contributed by atoms with Gasteiger partial charge in [-0.25, -0.2) is 5.26 Å². The largest absolute Gasteiger partial charge is 0.290 e. The van der Waals surface area contributed by atoms with Gasteiger partial charge in [-0.1, -0.05) is 5.04 Å². The van der Waals surface area contributed by atoms with E-state index in [0.29, 0.717) is 12.0 Å². The highest BCUT2D eigenvalue weighted by molar-refractivity contribution is 7.94. The third kappa shape index (κ3) is 10.1. The second-order valence-corrected chi connectivity index (χ2v) is 3.49. The summed E-state index contributed by atoms with van der Waals surface area (Å²) in [5, 5.41) is 13.0. The van der Waals surface area contributed by atoms with Crippen molar-refractivity contribution in [3.63, 3.8) is 0 Å². The van der Waals surface area contributed by atoms with Crippen molar-refractivity contribution < 1.29 is 27.6 Å². The molecule has 11 heavy (non-hydrogen) atoms. The molecule has 0 atom stereocenters. The van der Waals surface area contributed by atoms with Gasteiger partial charge in [0, 0.05) is 0 Å². The first kappa shape index (κ1) is 11.1. The van der Waals surface area contributed by atoms with Crippen LogP contribution in [0.3, 0.4) is 0 Å². The fraction of sp³-hybridized carbons (Fsp3) is 1.00. The summed E-state index contributed by atoms with van der Waals surface area (Å²) in [5.74, 6) is -0.519. The maximum atomic E-state index is 10.0. The molecule has 0 saturated heterocycles. The Kier molecular flexibility index (Phi) is 5.76. The highest BCUT2D eigenvalue weighted by Gasteiger charge is 2.01. The van der Waals surface area contributed by atoms with Crippen molar-refractivity contribution in [2.75, 3.05) is 11.8 Å². The van der Waals surface area contributed by atoms with Crippen LogP contribution in [0.2, 0.25) is 0 Å². The van der Waals surface area contributed by atoms with E-state index in [-0.39, 0.29) is 5.88 Å². The molecular formula is C2H7NO6S2. The van der Waals surface area contributed by atoms with Gasteiger partial charge in [-0.3, -0.25) is 9.87 Å². The molecule has 3 N–H and O–H groups in total. The van der Waals surface area contributed by atoms with Crippen molar-refractivity contribution in [2.45, 2.75) is 0 Å². The first-order valence-electron chi connectivity index (χ1n) is 2.32. The summed E-state index contributed by atoms with van der Waals surface area (Å²) >= 11 is 0.635. The minimum atomic E-state index is -3.99. The summed E-state index contributed by atoms with van der Waals surface area (Å²) < 4.78 is 32.1. The van der Waals surface area contributed by atoms with Crippen LogP contribution in [0, 0.1) is 0 Å². The Morgan fingerprint density at radius 3 is 2.64 bits per heavy atom. The van der Waals surface area contributed by atoms with Crippen LogP contribution in [-0.2, 0) is 19.5 Å². The fourth-order valence-electron chi connectivity index (χ4n) is 0.258. The second-order valence-electron chi connectivity index (χ2n) is 1.38. The van der Waals surface area contributed by atoms with Gasteiger partial charge in [-0.15, -0.1) is 4.33 Å². The van der Waals surface area contributed by atoms with E-state index in [9.17, 15) is 8.42 Å². The summed E-state index contributed by atoms with van der Waals surface area (Å²) in [6, 6.07) is 0. The van der Waals surface area contributed by atoms with Gasteiger partial charge >= 0.3 is 0 Å². The minimum absolute atomic E-state index is 0.0559. The molecule has 0 radical (unpaired) electrons. The Bertz CT molecular complexity index is 177. The first-order valence-corrected chi connectivity index (χ1v) is 4.84. The molecule has 9 heteroatoms. The van der Waals surface area contributed by atoms with Gasteiger partial charge < -0.3 is 0 Å². The van der Waals surface area contributed by atoms with E-state index >= 15 is 0 Å². The fourth-order valence-corrected chi connectivity index (χ4v) is 1.02. The van der Waals surface area contributed by atoms with Crippen LogP contribution in [0.1, 0.15) is 0 Å². The Morgan fingerprint density at radius 2 is 2.18 bits per heavy atom. The molecule has 7 nitrogen and oxygen atoms in total. The molecule has 0 aliphatic rings. The molecule has 0 fully saturated rings. The van der Waals surface area contributed by atoms with Crippen LogP contribution in [-0.4, -0.2) is 30.0 Å². The summed E-state index contributed by atoms with van der Waals surface area (Å²) in [5.41, 5.74) is 0. The topological polar surface area (TPSA) is 105 Å². The molecule has 0 aromatic heterocycles. The Hall–Kier alpha value is 0.1000. The van der Waals surface area contributed by atoms with Crippen LogP contribution >= 0.6 is 12.0 Å². The SMILES string of the molecule is O=S(=O)(O)CNCSOOO. The van der Waals surface area contributed by atoms with Crippen LogP contribution in [0.25, 0.3) is 0 Å². The Morgan fingerprint density at radius 1 is 1.55 bits per heavy atom. The molecule has 0 amide bonds. The summed E-state index contributed by atoms with van der Waals surface area (Å²) in [7, 11) is -3.99. The van der Waals surface area contributed by atoms with Crippen molar-refractivity contribution in [1.29, 1.82) is 0 Å². The monoisotopic (exact) mass is 205 g/mol. The Labute approximate surface area is 67.5 Å². The highest BCUT2D eigenvalue weighted by atomic mass is 32.2. The maximum absolute atomic E-state index is 10.0. The van der Waals surface area contributed by atoms with Crippen LogP contribution < -0.4 is 5.32 Å². The molecular weight excluding hydrogens is 198 g/mol. The molecule has 0 aliphatic heterocycles. The smallest absolute Gasteiger partial charge is 0.278 e. The van der Waals surface area contributed by atoms with Gasteiger partial charge in [-0.05, 0) is 0 Å². The molecule has 0 saturated carbocycles. The normalized spacial score (nSPS) is 11.8. The quantitative estimate of drug-likeness (QED) is 0.132. The second kappa shape index (κ2) is 5.71. The molecule has 0 rings (SSSR count). The van der Waals surface area contributed by atoms with E-state index in [4.69, 9.17) is 9.81 Å². The summed E-state index contributed by atoms with van der Waals surface area (Å²) in [6.07, 6.45) is 0. The van der Waals surface area contributed by atoms with Crippen molar-refractivity contribution in [1.82, 2.24) is 5.32 Å². The van der Waals surface area contributed by atoms with Crippen molar-refractivity contribution in [3.05, 3.63) is 0 Å². The van der Waals surface area contributed by atoms with Crippen molar-refractivity contribution in [3.8, 4) is 0 Å². The van der Waals surface area contributed by atoms with Gasteiger partial charge in [0.2, 0.25) is 0 Å². The zero-order valence-corrected chi connectivity index (χ0v) is 6.89. The zero-order valence-electron chi connectivity index (χ0n) is 5.26. The average molecular weight is 205 g/mol.